The predicted octanol–water partition coefficient (Wildman–Crippen LogP) is 1.98. The van der Waals surface area contributed by atoms with Crippen LogP contribution in [-0.4, -0.2) is 36.2 Å². The van der Waals surface area contributed by atoms with Crippen molar-refractivity contribution in [3.05, 3.63) is 29.8 Å². The largest absolute Gasteiger partial charge is 0.399 e. The van der Waals surface area contributed by atoms with Gasteiger partial charge in [0.25, 0.3) is 0 Å². The first-order valence-electron chi connectivity index (χ1n) is 7.05. The molecular formula is C15H23N3O2. The molecule has 1 fully saturated rings. The smallest absolute Gasteiger partial charge is 0.318 e. The van der Waals surface area contributed by atoms with Crippen LogP contribution in [0.5, 0.6) is 0 Å². The molecule has 0 spiro atoms. The minimum atomic E-state index is -0.0436. The average Bonchev–Trinajstić information content (AvgIpc) is 2.88. The van der Waals surface area contributed by atoms with Crippen LogP contribution in [0, 0.1) is 0 Å². The zero-order chi connectivity index (χ0) is 14.5. The van der Waals surface area contributed by atoms with E-state index in [0.29, 0.717) is 13.2 Å². The molecule has 5 nitrogen and oxygen atoms in total. The van der Waals surface area contributed by atoms with Gasteiger partial charge in [-0.2, -0.15) is 0 Å². The number of hydrogen-bond acceptors (Lipinski definition) is 3. The molecule has 0 aromatic heterocycles. The van der Waals surface area contributed by atoms with Crippen molar-refractivity contribution in [2.75, 3.05) is 18.9 Å². The van der Waals surface area contributed by atoms with Gasteiger partial charge in [-0.1, -0.05) is 12.1 Å². The summed E-state index contributed by atoms with van der Waals surface area (Å²) < 4.78 is 5.28. The Kier molecular flexibility index (Phi) is 4.84. The zero-order valence-corrected chi connectivity index (χ0v) is 12.1. The Labute approximate surface area is 120 Å². The number of nitrogens with one attached hydrogen (secondary N) is 1. The SMILES string of the molecule is CC(C)N(Cc1cccc(N)c1)C(=O)NC1CCOC1. The minimum Gasteiger partial charge on any atom is -0.399 e. The number of ether oxygens (including phenoxy) is 1. The maximum absolute atomic E-state index is 12.4. The molecule has 1 heterocycles. The van der Waals surface area contributed by atoms with Crippen molar-refractivity contribution >= 4 is 11.7 Å². The van der Waals surface area contributed by atoms with E-state index in [-0.39, 0.29) is 18.1 Å². The summed E-state index contributed by atoms with van der Waals surface area (Å²) in [5.74, 6) is 0. The highest BCUT2D eigenvalue weighted by Crippen LogP contribution is 2.13. The second-order valence-corrected chi connectivity index (χ2v) is 5.48. The van der Waals surface area contributed by atoms with Gasteiger partial charge in [0.1, 0.15) is 0 Å². The Morgan fingerprint density at radius 2 is 2.35 bits per heavy atom. The van der Waals surface area contributed by atoms with Crippen LogP contribution in [0.2, 0.25) is 0 Å². The lowest BCUT2D eigenvalue weighted by molar-refractivity contribution is 0.167. The van der Waals surface area contributed by atoms with Gasteiger partial charge in [-0.05, 0) is 38.0 Å². The maximum atomic E-state index is 12.4. The van der Waals surface area contributed by atoms with Gasteiger partial charge < -0.3 is 20.7 Å². The molecular weight excluding hydrogens is 254 g/mol. The highest BCUT2D eigenvalue weighted by molar-refractivity contribution is 5.75. The summed E-state index contributed by atoms with van der Waals surface area (Å²) in [6, 6.07) is 7.85. The third-order valence-corrected chi connectivity index (χ3v) is 3.45. The summed E-state index contributed by atoms with van der Waals surface area (Å²) in [4.78, 5) is 14.2. The molecule has 1 atom stereocenters. The first-order valence-corrected chi connectivity index (χ1v) is 7.05. The molecule has 1 unspecified atom stereocenters. The molecule has 0 aliphatic carbocycles. The van der Waals surface area contributed by atoms with Gasteiger partial charge in [-0.15, -0.1) is 0 Å². The lowest BCUT2D eigenvalue weighted by Crippen LogP contribution is -2.47. The fourth-order valence-electron chi connectivity index (χ4n) is 2.28. The number of carbonyl (C=O) groups excluding carboxylic acids is 1. The molecule has 0 radical (unpaired) electrons. The number of nitrogens with zero attached hydrogens (tertiary/aromatic N) is 1. The molecule has 0 bridgehead atoms. The van der Waals surface area contributed by atoms with Crippen molar-refractivity contribution in [2.24, 2.45) is 0 Å². The molecule has 0 saturated carbocycles. The summed E-state index contributed by atoms with van der Waals surface area (Å²) in [6.45, 7) is 5.91. The maximum Gasteiger partial charge on any atom is 0.318 e. The third kappa shape index (κ3) is 3.87. The second-order valence-electron chi connectivity index (χ2n) is 5.48. The van der Waals surface area contributed by atoms with Gasteiger partial charge in [0.05, 0.1) is 12.6 Å². The number of rotatable bonds is 4. The van der Waals surface area contributed by atoms with Crippen LogP contribution < -0.4 is 11.1 Å². The second kappa shape index (κ2) is 6.61. The summed E-state index contributed by atoms with van der Waals surface area (Å²) >= 11 is 0. The summed E-state index contributed by atoms with van der Waals surface area (Å²) in [5.41, 5.74) is 7.54. The number of nitrogens with two attached hydrogens (primary N) is 1. The van der Waals surface area contributed by atoms with E-state index in [0.717, 1.165) is 24.3 Å². The van der Waals surface area contributed by atoms with Crippen molar-refractivity contribution in [1.29, 1.82) is 0 Å². The highest BCUT2D eigenvalue weighted by Gasteiger charge is 2.23. The lowest BCUT2D eigenvalue weighted by Gasteiger charge is -2.28. The van der Waals surface area contributed by atoms with Crippen LogP contribution in [-0.2, 0) is 11.3 Å². The fraction of sp³-hybridized carbons (Fsp3) is 0.533. The minimum absolute atomic E-state index is 0.0436. The van der Waals surface area contributed by atoms with Crippen LogP contribution in [0.15, 0.2) is 24.3 Å². The first kappa shape index (κ1) is 14.7. The third-order valence-electron chi connectivity index (χ3n) is 3.45. The van der Waals surface area contributed by atoms with E-state index < -0.39 is 0 Å². The number of nitrogen functional groups attached to an aromatic ring is 1. The van der Waals surface area contributed by atoms with Gasteiger partial charge in [0.2, 0.25) is 0 Å². The van der Waals surface area contributed by atoms with Crippen LogP contribution in [0.3, 0.4) is 0 Å². The number of urea groups is 1. The predicted molar refractivity (Wildman–Crippen MR) is 79.3 cm³/mol. The van der Waals surface area contributed by atoms with Gasteiger partial charge >= 0.3 is 6.03 Å². The van der Waals surface area contributed by atoms with E-state index in [1.807, 2.05) is 43.0 Å². The van der Waals surface area contributed by atoms with E-state index >= 15 is 0 Å². The topological polar surface area (TPSA) is 67.6 Å². The quantitative estimate of drug-likeness (QED) is 0.827. The van der Waals surface area contributed by atoms with Gasteiger partial charge in [0.15, 0.2) is 0 Å². The number of benzene rings is 1. The molecule has 3 N–H and O–H groups in total. The average molecular weight is 277 g/mol. The van der Waals surface area contributed by atoms with E-state index in [4.69, 9.17) is 10.5 Å². The number of anilines is 1. The van der Waals surface area contributed by atoms with Crippen molar-refractivity contribution in [3.8, 4) is 0 Å². The Morgan fingerprint density at radius 3 is 2.95 bits per heavy atom. The summed E-state index contributed by atoms with van der Waals surface area (Å²) in [7, 11) is 0. The van der Waals surface area contributed by atoms with Crippen molar-refractivity contribution < 1.29 is 9.53 Å². The van der Waals surface area contributed by atoms with Crippen LogP contribution >= 0.6 is 0 Å². The van der Waals surface area contributed by atoms with E-state index in [9.17, 15) is 4.79 Å². The molecule has 2 amide bonds. The molecule has 1 aromatic rings. The molecule has 110 valence electrons. The van der Waals surface area contributed by atoms with Crippen molar-refractivity contribution in [1.82, 2.24) is 10.2 Å². The van der Waals surface area contributed by atoms with E-state index in [1.165, 1.54) is 0 Å². The fourth-order valence-corrected chi connectivity index (χ4v) is 2.28. The molecule has 1 saturated heterocycles. The Morgan fingerprint density at radius 1 is 1.55 bits per heavy atom. The van der Waals surface area contributed by atoms with E-state index in [2.05, 4.69) is 5.32 Å². The zero-order valence-electron chi connectivity index (χ0n) is 12.1. The number of hydrogen-bond donors (Lipinski definition) is 2. The van der Waals surface area contributed by atoms with Crippen molar-refractivity contribution in [3.63, 3.8) is 0 Å². The molecule has 1 aromatic carbocycles. The molecule has 1 aliphatic heterocycles. The molecule has 5 heteroatoms. The van der Waals surface area contributed by atoms with Gasteiger partial charge in [-0.25, -0.2) is 4.79 Å². The molecule has 20 heavy (non-hydrogen) atoms. The van der Waals surface area contributed by atoms with Crippen molar-refractivity contribution in [2.45, 2.75) is 38.9 Å². The van der Waals surface area contributed by atoms with Gasteiger partial charge in [-0.3, -0.25) is 0 Å². The standard InChI is InChI=1S/C15H23N3O2/c1-11(2)18(9-12-4-3-5-13(16)8-12)15(19)17-14-6-7-20-10-14/h3-5,8,11,14H,6-7,9-10,16H2,1-2H3,(H,17,19). The van der Waals surface area contributed by atoms with Crippen LogP contribution in [0.1, 0.15) is 25.8 Å². The summed E-state index contributed by atoms with van der Waals surface area (Å²) in [6.07, 6.45) is 0.885. The monoisotopic (exact) mass is 277 g/mol. The Balaban J connectivity index is 2.00. The normalized spacial score (nSPS) is 18.2. The Hall–Kier alpha value is -1.75. The molecule has 2 rings (SSSR count). The number of carbonyl (C=O) groups is 1. The van der Waals surface area contributed by atoms with Gasteiger partial charge in [0, 0.05) is 24.9 Å². The summed E-state index contributed by atoms with van der Waals surface area (Å²) in [5, 5.41) is 3.03. The highest BCUT2D eigenvalue weighted by atomic mass is 16.5. The first-order chi connectivity index (χ1) is 9.56. The van der Waals surface area contributed by atoms with E-state index in [1.54, 1.807) is 0 Å². The molecule has 1 aliphatic rings. The lowest BCUT2D eigenvalue weighted by atomic mass is 10.1. The number of amides is 2. The van der Waals surface area contributed by atoms with Crippen LogP contribution in [0.25, 0.3) is 0 Å². The van der Waals surface area contributed by atoms with Crippen LogP contribution in [0.4, 0.5) is 10.5 Å². The Bertz CT molecular complexity index is 456.